The second kappa shape index (κ2) is 8.07. The Morgan fingerprint density at radius 3 is 2.55 bits per heavy atom. The summed E-state index contributed by atoms with van der Waals surface area (Å²) in [4.78, 5) is 26.7. The van der Waals surface area contributed by atoms with E-state index in [1.54, 1.807) is 22.7 Å². The van der Waals surface area contributed by atoms with Gasteiger partial charge in [0.1, 0.15) is 0 Å². The summed E-state index contributed by atoms with van der Waals surface area (Å²) >= 11 is 3.16. The zero-order chi connectivity index (χ0) is 15.9. The first-order valence-corrected chi connectivity index (χ1v) is 8.67. The summed E-state index contributed by atoms with van der Waals surface area (Å²) < 4.78 is 0. The van der Waals surface area contributed by atoms with Crippen LogP contribution in [-0.2, 0) is 16.1 Å². The zero-order valence-electron chi connectivity index (χ0n) is 12.5. The fourth-order valence-corrected chi connectivity index (χ4v) is 3.35. The van der Waals surface area contributed by atoms with Crippen molar-refractivity contribution in [3.8, 4) is 0 Å². The molecule has 0 bridgehead atoms. The third-order valence-corrected chi connectivity index (χ3v) is 4.79. The molecule has 5 nitrogen and oxygen atoms in total. The normalized spacial score (nSPS) is 12.1. The van der Waals surface area contributed by atoms with E-state index in [0.29, 0.717) is 13.1 Å². The molecule has 118 valence electrons. The Hall–Kier alpha value is -1.70. The Morgan fingerprint density at radius 2 is 1.95 bits per heavy atom. The first kappa shape index (κ1) is 16.7. The van der Waals surface area contributed by atoms with Crippen molar-refractivity contribution in [2.75, 3.05) is 20.6 Å². The number of nitrogens with zero attached hydrogens (tertiary/aromatic N) is 1. The van der Waals surface area contributed by atoms with Crippen LogP contribution < -0.4 is 10.6 Å². The molecule has 0 unspecified atom stereocenters. The topological polar surface area (TPSA) is 61.4 Å². The molecule has 7 heteroatoms. The largest absolute Gasteiger partial charge is 0.346 e. The van der Waals surface area contributed by atoms with Crippen molar-refractivity contribution in [1.29, 1.82) is 0 Å². The van der Waals surface area contributed by atoms with E-state index in [2.05, 4.69) is 10.6 Å². The van der Waals surface area contributed by atoms with Gasteiger partial charge < -0.3 is 15.5 Å². The van der Waals surface area contributed by atoms with Crippen LogP contribution in [0.4, 0.5) is 0 Å². The van der Waals surface area contributed by atoms with Crippen LogP contribution in [0.5, 0.6) is 0 Å². The minimum atomic E-state index is -0.601. The predicted octanol–water partition coefficient (Wildman–Crippen LogP) is 1.84. The van der Waals surface area contributed by atoms with E-state index in [9.17, 15) is 9.59 Å². The van der Waals surface area contributed by atoms with Crippen LogP contribution in [-0.4, -0.2) is 37.4 Å². The number of thiophene rings is 2. The highest BCUT2D eigenvalue weighted by molar-refractivity contribution is 7.09. The van der Waals surface area contributed by atoms with Gasteiger partial charge in [0.15, 0.2) is 0 Å². The van der Waals surface area contributed by atoms with Crippen LogP contribution in [0.3, 0.4) is 0 Å². The van der Waals surface area contributed by atoms with E-state index in [4.69, 9.17) is 0 Å². The van der Waals surface area contributed by atoms with Crippen molar-refractivity contribution in [2.24, 2.45) is 0 Å². The van der Waals surface area contributed by atoms with Crippen molar-refractivity contribution >= 4 is 34.5 Å². The van der Waals surface area contributed by atoms with E-state index in [0.717, 1.165) is 10.4 Å². The van der Waals surface area contributed by atoms with Crippen LogP contribution in [0.2, 0.25) is 0 Å². The minimum absolute atomic E-state index is 0.0558. The number of amides is 2. The lowest BCUT2D eigenvalue weighted by Gasteiger charge is -2.23. The SMILES string of the molecule is CN(C)[C@H](CNC(=O)C(=O)NCc1cccs1)c1ccsc1. The molecule has 0 aliphatic heterocycles. The molecular weight excluding hydrogens is 318 g/mol. The molecule has 2 amide bonds. The van der Waals surface area contributed by atoms with Gasteiger partial charge in [0.25, 0.3) is 0 Å². The highest BCUT2D eigenvalue weighted by atomic mass is 32.1. The van der Waals surface area contributed by atoms with Crippen molar-refractivity contribution in [3.63, 3.8) is 0 Å². The molecule has 0 spiro atoms. The number of rotatable bonds is 6. The maximum atomic E-state index is 11.9. The smallest absolute Gasteiger partial charge is 0.309 e. The van der Waals surface area contributed by atoms with Gasteiger partial charge in [0.2, 0.25) is 0 Å². The predicted molar refractivity (Wildman–Crippen MR) is 89.9 cm³/mol. The van der Waals surface area contributed by atoms with Gasteiger partial charge >= 0.3 is 11.8 Å². The Balaban J connectivity index is 1.81. The molecule has 22 heavy (non-hydrogen) atoms. The van der Waals surface area contributed by atoms with E-state index in [1.807, 2.05) is 53.3 Å². The monoisotopic (exact) mass is 337 g/mol. The molecule has 0 aliphatic carbocycles. The molecule has 2 N–H and O–H groups in total. The Morgan fingerprint density at radius 1 is 1.18 bits per heavy atom. The van der Waals surface area contributed by atoms with Gasteiger partial charge in [0.05, 0.1) is 12.6 Å². The third kappa shape index (κ3) is 4.66. The van der Waals surface area contributed by atoms with Gasteiger partial charge in [-0.25, -0.2) is 0 Å². The maximum absolute atomic E-state index is 11.9. The number of hydrogen-bond donors (Lipinski definition) is 2. The molecule has 2 heterocycles. The number of carbonyl (C=O) groups excluding carboxylic acids is 2. The molecule has 2 aromatic rings. The number of nitrogens with one attached hydrogen (secondary N) is 2. The second-order valence-electron chi connectivity index (χ2n) is 5.01. The number of carbonyl (C=O) groups is 2. The zero-order valence-corrected chi connectivity index (χ0v) is 14.2. The summed E-state index contributed by atoms with van der Waals surface area (Å²) in [5.41, 5.74) is 1.13. The van der Waals surface area contributed by atoms with Crippen LogP contribution in [0.1, 0.15) is 16.5 Å². The van der Waals surface area contributed by atoms with E-state index in [1.165, 1.54) is 0 Å². The lowest BCUT2D eigenvalue weighted by atomic mass is 10.1. The van der Waals surface area contributed by atoms with Gasteiger partial charge in [-0.15, -0.1) is 11.3 Å². The van der Waals surface area contributed by atoms with E-state index in [-0.39, 0.29) is 6.04 Å². The Kier molecular flexibility index (Phi) is 6.11. The molecule has 0 saturated carbocycles. The fourth-order valence-electron chi connectivity index (χ4n) is 1.99. The molecule has 0 radical (unpaired) electrons. The average molecular weight is 337 g/mol. The summed E-state index contributed by atoms with van der Waals surface area (Å²) in [6.45, 7) is 0.778. The molecule has 2 rings (SSSR count). The fraction of sp³-hybridized carbons (Fsp3) is 0.333. The first-order chi connectivity index (χ1) is 10.6. The van der Waals surface area contributed by atoms with Crippen molar-refractivity contribution < 1.29 is 9.59 Å². The summed E-state index contributed by atoms with van der Waals surface area (Å²) in [6.07, 6.45) is 0. The van der Waals surface area contributed by atoms with E-state index < -0.39 is 11.8 Å². The van der Waals surface area contributed by atoms with Crippen LogP contribution in [0, 0.1) is 0 Å². The second-order valence-corrected chi connectivity index (χ2v) is 6.82. The number of likely N-dealkylation sites (N-methyl/N-ethyl adjacent to an activating group) is 1. The van der Waals surface area contributed by atoms with Gasteiger partial charge in [-0.05, 0) is 47.9 Å². The minimum Gasteiger partial charge on any atom is -0.346 e. The molecule has 1 atom stereocenters. The standard InChI is InChI=1S/C15H19N3O2S2/c1-18(2)13(11-5-7-21-10-11)9-17-15(20)14(19)16-8-12-4-3-6-22-12/h3-7,10,13H,8-9H2,1-2H3,(H,16,19)(H,17,20)/t13-/m1/s1. The highest BCUT2D eigenvalue weighted by Gasteiger charge is 2.18. The maximum Gasteiger partial charge on any atom is 0.309 e. The summed E-state index contributed by atoms with van der Waals surface area (Å²) in [6, 6.07) is 5.91. The summed E-state index contributed by atoms with van der Waals surface area (Å²) in [5.74, 6) is -1.20. The van der Waals surface area contributed by atoms with Gasteiger partial charge in [-0.1, -0.05) is 6.07 Å². The van der Waals surface area contributed by atoms with Crippen LogP contribution in [0.25, 0.3) is 0 Å². The number of hydrogen-bond acceptors (Lipinski definition) is 5. The Labute approximate surface area is 138 Å². The molecular formula is C15H19N3O2S2. The van der Waals surface area contributed by atoms with Crippen molar-refractivity contribution in [1.82, 2.24) is 15.5 Å². The van der Waals surface area contributed by atoms with Gasteiger partial charge in [-0.2, -0.15) is 11.3 Å². The van der Waals surface area contributed by atoms with Gasteiger partial charge in [-0.3, -0.25) is 9.59 Å². The molecule has 2 aromatic heterocycles. The van der Waals surface area contributed by atoms with Crippen LogP contribution >= 0.6 is 22.7 Å². The molecule has 0 saturated heterocycles. The third-order valence-electron chi connectivity index (χ3n) is 3.22. The van der Waals surface area contributed by atoms with Crippen molar-refractivity contribution in [3.05, 3.63) is 44.8 Å². The highest BCUT2D eigenvalue weighted by Crippen LogP contribution is 2.19. The first-order valence-electron chi connectivity index (χ1n) is 6.85. The average Bonchev–Trinajstić information content (AvgIpc) is 3.17. The summed E-state index contributed by atoms with van der Waals surface area (Å²) in [7, 11) is 3.90. The lowest BCUT2D eigenvalue weighted by molar-refractivity contribution is -0.139. The quantitative estimate of drug-likeness (QED) is 0.791. The van der Waals surface area contributed by atoms with E-state index >= 15 is 0 Å². The molecule has 0 fully saturated rings. The Bertz CT molecular complexity index is 594. The molecule has 0 aromatic carbocycles. The molecule has 0 aliphatic rings. The van der Waals surface area contributed by atoms with Crippen LogP contribution in [0.15, 0.2) is 34.3 Å². The lowest BCUT2D eigenvalue weighted by Crippen LogP contribution is -2.42. The van der Waals surface area contributed by atoms with Crippen molar-refractivity contribution in [2.45, 2.75) is 12.6 Å². The van der Waals surface area contributed by atoms with Gasteiger partial charge in [0, 0.05) is 11.4 Å². The summed E-state index contributed by atoms with van der Waals surface area (Å²) in [5, 5.41) is 11.3.